The summed E-state index contributed by atoms with van der Waals surface area (Å²) < 4.78 is 0. The summed E-state index contributed by atoms with van der Waals surface area (Å²) in [5.41, 5.74) is -0.365. The second kappa shape index (κ2) is 6.23. The van der Waals surface area contributed by atoms with Crippen molar-refractivity contribution in [3.05, 3.63) is 0 Å². The second-order valence-corrected chi connectivity index (χ2v) is 6.61. The quantitative estimate of drug-likeness (QED) is 0.816. The molecule has 4 nitrogen and oxygen atoms in total. The van der Waals surface area contributed by atoms with Gasteiger partial charge in [-0.15, -0.1) is 0 Å². The van der Waals surface area contributed by atoms with Crippen molar-refractivity contribution in [3.8, 4) is 0 Å². The van der Waals surface area contributed by atoms with Crippen LogP contribution in [0.5, 0.6) is 0 Å². The summed E-state index contributed by atoms with van der Waals surface area (Å²) in [5.74, 6) is 1.14. The third kappa shape index (κ3) is 3.48. The molecule has 1 saturated heterocycles. The lowest BCUT2D eigenvalue weighted by Crippen LogP contribution is -2.60. The van der Waals surface area contributed by atoms with Crippen LogP contribution < -0.4 is 5.32 Å². The first kappa shape index (κ1) is 14.8. The Hall–Kier alpha value is -0.610. The SMILES string of the molecule is CN(CCC1CCC1)C(=O)C(C)(C)N1CCNCC1. The Kier molecular flexibility index (Phi) is 4.85. The normalized spacial score (nSPS) is 22.1. The van der Waals surface area contributed by atoms with Gasteiger partial charge in [-0.1, -0.05) is 19.3 Å². The molecule has 1 N–H and O–H groups in total. The molecule has 1 amide bonds. The van der Waals surface area contributed by atoms with Crippen LogP contribution in [-0.2, 0) is 4.79 Å². The van der Waals surface area contributed by atoms with Crippen molar-refractivity contribution in [1.29, 1.82) is 0 Å². The molecule has 0 aromatic rings. The van der Waals surface area contributed by atoms with E-state index >= 15 is 0 Å². The fraction of sp³-hybridized carbons (Fsp3) is 0.933. The summed E-state index contributed by atoms with van der Waals surface area (Å²) in [4.78, 5) is 16.9. The number of hydrogen-bond donors (Lipinski definition) is 1. The van der Waals surface area contributed by atoms with E-state index in [1.165, 1.54) is 25.7 Å². The van der Waals surface area contributed by atoms with Gasteiger partial charge in [0.1, 0.15) is 0 Å². The smallest absolute Gasteiger partial charge is 0.242 e. The zero-order chi connectivity index (χ0) is 13.9. The lowest BCUT2D eigenvalue weighted by Gasteiger charge is -2.42. The van der Waals surface area contributed by atoms with Gasteiger partial charge in [-0.2, -0.15) is 0 Å². The number of likely N-dealkylation sites (N-methyl/N-ethyl adjacent to an activating group) is 1. The Morgan fingerprint density at radius 2 is 1.95 bits per heavy atom. The Morgan fingerprint density at radius 3 is 2.47 bits per heavy atom. The highest BCUT2D eigenvalue weighted by Crippen LogP contribution is 2.29. The van der Waals surface area contributed by atoms with Gasteiger partial charge in [-0.25, -0.2) is 0 Å². The largest absolute Gasteiger partial charge is 0.344 e. The minimum atomic E-state index is -0.365. The van der Waals surface area contributed by atoms with E-state index < -0.39 is 0 Å². The summed E-state index contributed by atoms with van der Waals surface area (Å²) in [6.45, 7) is 8.97. The predicted molar refractivity (Wildman–Crippen MR) is 78.1 cm³/mol. The number of carbonyl (C=O) groups is 1. The topological polar surface area (TPSA) is 35.6 Å². The van der Waals surface area contributed by atoms with Crippen LogP contribution in [0.4, 0.5) is 0 Å². The van der Waals surface area contributed by atoms with Crippen LogP contribution in [0, 0.1) is 5.92 Å². The van der Waals surface area contributed by atoms with E-state index in [1.54, 1.807) is 0 Å². The molecule has 0 atom stereocenters. The zero-order valence-electron chi connectivity index (χ0n) is 12.7. The maximum absolute atomic E-state index is 12.6. The molecule has 1 saturated carbocycles. The number of amides is 1. The fourth-order valence-corrected chi connectivity index (χ4v) is 3.09. The molecule has 2 rings (SSSR count). The van der Waals surface area contributed by atoms with Crippen molar-refractivity contribution in [3.63, 3.8) is 0 Å². The van der Waals surface area contributed by atoms with E-state index in [4.69, 9.17) is 0 Å². The summed E-state index contributed by atoms with van der Waals surface area (Å²) in [6.07, 6.45) is 5.29. The minimum absolute atomic E-state index is 0.272. The van der Waals surface area contributed by atoms with Gasteiger partial charge < -0.3 is 10.2 Å². The van der Waals surface area contributed by atoms with Crippen LogP contribution in [0.1, 0.15) is 39.5 Å². The van der Waals surface area contributed by atoms with Gasteiger partial charge in [0.25, 0.3) is 0 Å². The molecule has 2 aliphatic rings. The molecule has 0 spiro atoms. The number of piperazine rings is 1. The molecule has 0 unspecified atom stereocenters. The van der Waals surface area contributed by atoms with Gasteiger partial charge in [0, 0.05) is 39.8 Å². The number of rotatable bonds is 5. The summed E-state index contributed by atoms with van der Waals surface area (Å²) in [5, 5.41) is 3.34. The van der Waals surface area contributed by atoms with E-state index in [2.05, 4.69) is 24.1 Å². The molecule has 1 aliphatic carbocycles. The fourth-order valence-electron chi connectivity index (χ4n) is 3.09. The second-order valence-electron chi connectivity index (χ2n) is 6.61. The first-order valence-corrected chi connectivity index (χ1v) is 7.73. The number of nitrogens with zero attached hydrogens (tertiary/aromatic N) is 2. The summed E-state index contributed by atoms with van der Waals surface area (Å²) in [6, 6.07) is 0. The highest BCUT2D eigenvalue weighted by Gasteiger charge is 2.37. The minimum Gasteiger partial charge on any atom is -0.344 e. The Balaban J connectivity index is 1.84. The highest BCUT2D eigenvalue weighted by molar-refractivity contribution is 5.85. The van der Waals surface area contributed by atoms with Crippen molar-refractivity contribution in [1.82, 2.24) is 15.1 Å². The third-order valence-corrected chi connectivity index (χ3v) is 4.88. The molecular formula is C15H29N3O. The van der Waals surface area contributed by atoms with E-state index in [0.717, 1.165) is 38.6 Å². The van der Waals surface area contributed by atoms with E-state index in [9.17, 15) is 4.79 Å². The van der Waals surface area contributed by atoms with Gasteiger partial charge in [0.05, 0.1) is 5.54 Å². The van der Waals surface area contributed by atoms with Crippen LogP contribution >= 0.6 is 0 Å². The molecule has 0 radical (unpaired) electrons. The molecule has 0 bridgehead atoms. The Bertz CT molecular complexity index is 307. The number of carbonyl (C=O) groups excluding carboxylic acids is 1. The first-order valence-electron chi connectivity index (χ1n) is 7.73. The lowest BCUT2D eigenvalue weighted by atomic mass is 9.83. The van der Waals surface area contributed by atoms with Crippen LogP contribution in [0.15, 0.2) is 0 Å². The van der Waals surface area contributed by atoms with Crippen molar-refractivity contribution in [2.45, 2.75) is 45.1 Å². The first-order chi connectivity index (χ1) is 9.01. The third-order valence-electron chi connectivity index (χ3n) is 4.88. The Morgan fingerprint density at radius 1 is 1.32 bits per heavy atom. The van der Waals surface area contributed by atoms with E-state index in [1.807, 2.05) is 11.9 Å². The predicted octanol–water partition coefficient (Wildman–Crippen LogP) is 1.32. The van der Waals surface area contributed by atoms with Gasteiger partial charge in [-0.3, -0.25) is 9.69 Å². The summed E-state index contributed by atoms with van der Waals surface area (Å²) in [7, 11) is 1.96. The maximum atomic E-state index is 12.6. The number of hydrogen-bond acceptors (Lipinski definition) is 3. The number of nitrogens with one attached hydrogen (secondary N) is 1. The molecule has 1 heterocycles. The standard InChI is InChI=1S/C15H29N3O/c1-15(2,18-11-8-16-9-12-18)14(19)17(3)10-7-13-5-4-6-13/h13,16H,4-12H2,1-3H3. The molecule has 0 aromatic heterocycles. The van der Waals surface area contributed by atoms with Crippen molar-refractivity contribution in [2.75, 3.05) is 39.8 Å². The van der Waals surface area contributed by atoms with Gasteiger partial charge >= 0.3 is 0 Å². The van der Waals surface area contributed by atoms with Crippen LogP contribution in [0.3, 0.4) is 0 Å². The van der Waals surface area contributed by atoms with Crippen LogP contribution in [-0.4, -0.2) is 61.0 Å². The summed E-state index contributed by atoms with van der Waals surface area (Å²) >= 11 is 0. The molecule has 1 aliphatic heterocycles. The van der Waals surface area contributed by atoms with E-state index in [0.29, 0.717) is 0 Å². The molecule has 0 aromatic carbocycles. The molecule has 110 valence electrons. The van der Waals surface area contributed by atoms with Gasteiger partial charge in [0.2, 0.25) is 5.91 Å². The monoisotopic (exact) mass is 267 g/mol. The molecule has 4 heteroatoms. The maximum Gasteiger partial charge on any atom is 0.242 e. The van der Waals surface area contributed by atoms with Crippen LogP contribution in [0.25, 0.3) is 0 Å². The van der Waals surface area contributed by atoms with Crippen molar-refractivity contribution < 1.29 is 4.79 Å². The van der Waals surface area contributed by atoms with Gasteiger partial charge in [-0.05, 0) is 26.2 Å². The van der Waals surface area contributed by atoms with E-state index in [-0.39, 0.29) is 11.4 Å². The highest BCUT2D eigenvalue weighted by atomic mass is 16.2. The van der Waals surface area contributed by atoms with Crippen molar-refractivity contribution >= 4 is 5.91 Å². The average molecular weight is 267 g/mol. The van der Waals surface area contributed by atoms with Crippen LogP contribution in [0.2, 0.25) is 0 Å². The zero-order valence-corrected chi connectivity index (χ0v) is 12.7. The average Bonchev–Trinajstić information content (AvgIpc) is 2.36. The lowest BCUT2D eigenvalue weighted by molar-refractivity contribution is -0.142. The van der Waals surface area contributed by atoms with Crippen molar-refractivity contribution in [2.24, 2.45) is 5.92 Å². The van der Waals surface area contributed by atoms with Gasteiger partial charge in [0.15, 0.2) is 0 Å². The Labute approximate surface area is 117 Å². The molecular weight excluding hydrogens is 238 g/mol. The molecule has 19 heavy (non-hydrogen) atoms. The molecule has 2 fully saturated rings.